The van der Waals surface area contributed by atoms with E-state index in [9.17, 15) is 19.1 Å². The zero-order valence-electron chi connectivity index (χ0n) is 16.1. The van der Waals surface area contributed by atoms with E-state index >= 15 is 0 Å². The number of carboxylic acid groups (broad SMARTS) is 1. The predicted molar refractivity (Wildman–Crippen MR) is 112 cm³/mol. The number of aromatic nitrogens is 1. The van der Waals surface area contributed by atoms with Gasteiger partial charge < -0.3 is 20.3 Å². The van der Waals surface area contributed by atoms with Gasteiger partial charge in [0.25, 0.3) is 0 Å². The number of halogens is 2. The van der Waals surface area contributed by atoms with E-state index in [1.54, 1.807) is 4.57 Å². The summed E-state index contributed by atoms with van der Waals surface area (Å²) in [5.41, 5.74) is 3.20. The van der Waals surface area contributed by atoms with Crippen molar-refractivity contribution in [1.82, 2.24) is 15.2 Å². The van der Waals surface area contributed by atoms with Crippen LogP contribution in [0.2, 0.25) is 5.02 Å². The van der Waals surface area contributed by atoms with Crippen LogP contribution in [0.5, 0.6) is 0 Å². The van der Waals surface area contributed by atoms with Crippen molar-refractivity contribution in [1.29, 1.82) is 0 Å². The molecule has 4 rings (SSSR count). The van der Waals surface area contributed by atoms with Gasteiger partial charge in [-0.25, -0.2) is 9.18 Å². The molecule has 0 unspecified atom stereocenters. The third-order valence-electron chi connectivity index (χ3n) is 5.40. The number of fused-ring (bicyclic) bond motifs is 3. The van der Waals surface area contributed by atoms with Crippen LogP contribution in [0.15, 0.2) is 42.5 Å². The average molecular weight is 430 g/mol. The van der Waals surface area contributed by atoms with Crippen molar-refractivity contribution in [3.05, 3.63) is 70.1 Å². The van der Waals surface area contributed by atoms with Gasteiger partial charge in [0, 0.05) is 23.7 Å². The summed E-state index contributed by atoms with van der Waals surface area (Å²) in [7, 11) is 0. The van der Waals surface area contributed by atoms with Crippen LogP contribution >= 0.6 is 11.6 Å². The molecule has 3 aromatic rings. The maximum absolute atomic E-state index is 14.0. The van der Waals surface area contributed by atoms with Crippen LogP contribution in [0, 0.1) is 5.82 Å². The fourth-order valence-electron chi connectivity index (χ4n) is 4.14. The zero-order chi connectivity index (χ0) is 21.3. The molecule has 0 bridgehead atoms. The molecule has 1 aliphatic carbocycles. The zero-order valence-corrected chi connectivity index (χ0v) is 16.9. The minimum atomic E-state index is -0.990. The van der Waals surface area contributed by atoms with Gasteiger partial charge in [-0.05, 0) is 42.5 Å². The molecule has 2 amide bonds. The van der Waals surface area contributed by atoms with Crippen LogP contribution in [0.4, 0.5) is 9.18 Å². The first kappa shape index (κ1) is 20.2. The third-order valence-corrected chi connectivity index (χ3v) is 5.69. The predicted octanol–water partition coefficient (Wildman–Crippen LogP) is 3.88. The highest BCUT2D eigenvalue weighted by molar-refractivity contribution is 6.35. The molecule has 30 heavy (non-hydrogen) atoms. The van der Waals surface area contributed by atoms with Crippen LogP contribution in [0.25, 0.3) is 10.9 Å². The minimum absolute atomic E-state index is 0.140. The topological polar surface area (TPSA) is 83.4 Å². The first-order valence-electron chi connectivity index (χ1n) is 9.71. The van der Waals surface area contributed by atoms with E-state index in [0.29, 0.717) is 36.7 Å². The molecule has 8 heteroatoms. The van der Waals surface area contributed by atoms with Gasteiger partial charge in [-0.3, -0.25) is 4.79 Å². The molecule has 3 N–H and O–H groups in total. The molecule has 0 fully saturated rings. The summed E-state index contributed by atoms with van der Waals surface area (Å²) in [6, 6.07) is 11.8. The Bertz CT molecular complexity index is 1110. The highest BCUT2D eigenvalue weighted by Gasteiger charge is 2.28. The number of amides is 2. The number of aliphatic carboxylic acids is 1. The molecule has 1 atom stereocenters. The number of nitrogens with one attached hydrogen (secondary N) is 2. The van der Waals surface area contributed by atoms with Crippen LogP contribution in [0.1, 0.15) is 23.2 Å². The lowest BCUT2D eigenvalue weighted by molar-refractivity contribution is -0.137. The van der Waals surface area contributed by atoms with E-state index in [2.05, 4.69) is 10.6 Å². The maximum atomic E-state index is 14.0. The van der Waals surface area contributed by atoms with Gasteiger partial charge >= 0.3 is 12.0 Å². The van der Waals surface area contributed by atoms with Crippen LogP contribution in [-0.4, -0.2) is 27.7 Å². The van der Waals surface area contributed by atoms with Crippen molar-refractivity contribution in [3.63, 3.8) is 0 Å². The number of benzene rings is 2. The molecule has 0 aliphatic heterocycles. The fraction of sp³-hybridized carbons (Fsp3) is 0.273. The highest BCUT2D eigenvalue weighted by Crippen LogP contribution is 2.36. The van der Waals surface area contributed by atoms with Gasteiger partial charge in [0.05, 0.1) is 10.5 Å². The first-order valence-corrected chi connectivity index (χ1v) is 10.1. The Hall–Kier alpha value is -3.06. The van der Waals surface area contributed by atoms with E-state index in [4.69, 9.17) is 11.6 Å². The second-order valence-electron chi connectivity index (χ2n) is 7.44. The summed E-state index contributed by atoms with van der Waals surface area (Å²) in [5, 5.41) is 15.9. The van der Waals surface area contributed by atoms with Gasteiger partial charge in [-0.2, -0.15) is 0 Å². The highest BCUT2D eigenvalue weighted by atomic mass is 35.5. The van der Waals surface area contributed by atoms with Crippen molar-refractivity contribution >= 4 is 34.5 Å². The van der Waals surface area contributed by atoms with E-state index in [0.717, 1.165) is 16.8 Å². The Morgan fingerprint density at radius 3 is 2.73 bits per heavy atom. The Balaban J connectivity index is 1.54. The lowest BCUT2D eigenvalue weighted by Crippen LogP contribution is -2.44. The Morgan fingerprint density at radius 1 is 1.23 bits per heavy atom. The molecule has 1 aliphatic rings. The van der Waals surface area contributed by atoms with E-state index < -0.39 is 11.8 Å². The van der Waals surface area contributed by atoms with Crippen LogP contribution in [0.3, 0.4) is 0 Å². The van der Waals surface area contributed by atoms with Crippen LogP contribution < -0.4 is 10.6 Å². The smallest absolute Gasteiger partial charge is 0.323 e. The van der Waals surface area contributed by atoms with Gasteiger partial charge in [-0.15, -0.1) is 0 Å². The number of hydrogen-bond acceptors (Lipinski definition) is 2. The number of nitrogens with zero attached hydrogens (tertiary/aromatic N) is 1. The normalized spacial score (nSPS) is 15.6. The Kier molecular flexibility index (Phi) is 5.63. The van der Waals surface area contributed by atoms with Gasteiger partial charge in [0.1, 0.15) is 12.4 Å². The summed E-state index contributed by atoms with van der Waals surface area (Å²) in [5.74, 6) is -1.46. The molecule has 1 aromatic heterocycles. The minimum Gasteiger partial charge on any atom is -0.480 e. The summed E-state index contributed by atoms with van der Waals surface area (Å²) in [4.78, 5) is 23.7. The molecule has 0 saturated carbocycles. The number of urea groups is 1. The molecule has 1 heterocycles. The largest absolute Gasteiger partial charge is 0.480 e. The SMILES string of the molecule is O=C(O)Cn1c2c(c3cc(F)cc(Cl)c31)C[C@H](NC(=O)NCc1ccccc1)CC2. The van der Waals surface area contributed by atoms with Gasteiger partial charge in [0.15, 0.2) is 0 Å². The molecule has 2 aromatic carbocycles. The number of carbonyl (C=O) groups is 2. The molecule has 0 saturated heterocycles. The van der Waals surface area contributed by atoms with E-state index in [1.807, 2.05) is 30.3 Å². The van der Waals surface area contributed by atoms with E-state index in [-0.39, 0.29) is 23.6 Å². The van der Waals surface area contributed by atoms with Crippen LogP contribution in [-0.2, 0) is 30.7 Å². The summed E-state index contributed by atoms with van der Waals surface area (Å²) in [6.07, 6.45) is 1.71. The third kappa shape index (κ3) is 4.11. The maximum Gasteiger partial charge on any atom is 0.323 e. The molecule has 0 spiro atoms. The molecule has 0 radical (unpaired) electrons. The second-order valence-corrected chi connectivity index (χ2v) is 7.85. The quantitative estimate of drug-likeness (QED) is 0.575. The standard InChI is InChI=1S/C22H21ClFN3O3/c23-18-9-14(24)8-17-16-10-15(6-7-19(16)27(21(17)18)12-20(28)29)26-22(30)25-11-13-4-2-1-3-5-13/h1-5,8-9,15H,6-7,10-12H2,(H,28,29)(H2,25,26,30)/t15-/m1/s1. The lowest BCUT2D eigenvalue weighted by atomic mass is 9.91. The molecule has 156 valence electrons. The van der Waals surface area contributed by atoms with Crippen molar-refractivity contribution in [3.8, 4) is 0 Å². The Labute approximate surface area is 177 Å². The fourth-order valence-corrected chi connectivity index (χ4v) is 4.45. The van der Waals surface area contributed by atoms with Gasteiger partial charge in [-0.1, -0.05) is 41.9 Å². The number of hydrogen-bond donors (Lipinski definition) is 3. The van der Waals surface area contributed by atoms with Crippen molar-refractivity contribution in [2.45, 2.75) is 38.4 Å². The average Bonchev–Trinajstić information content (AvgIpc) is 3.00. The monoisotopic (exact) mass is 429 g/mol. The second kappa shape index (κ2) is 8.36. The van der Waals surface area contributed by atoms with Crippen molar-refractivity contribution in [2.24, 2.45) is 0 Å². The number of carbonyl (C=O) groups excluding carboxylic acids is 1. The summed E-state index contributed by atoms with van der Waals surface area (Å²) >= 11 is 6.26. The Morgan fingerprint density at radius 2 is 2.00 bits per heavy atom. The number of carboxylic acids is 1. The summed E-state index contributed by atoms with van der Waals surface area (Å²) < 4.78 is 15.7. The van der Waals surface area contributed by atoms with Crippen molar-refractivity contribution < 1.29 is 19.1 Å². The van der Waals surface area contributed by atoms with Crippen molar-refractivity contribution in [2.75, 3.05) is 0 Å². The molecule has 6 nitrogen and oxygen atoms in total. The summed E-state index contributed by atoms with van der Waals surface area (Å²) in [6.45, 7) is 0.177. The molecular formula is C22H21ClFN3O3. The first-order chi connectivity index (χ1) is 14.4. The lowest BCUT2D eigenvalue weighted by Gasteiger charge is -2.25. The number of rotatable bonds is 5. The molecular weight excluding hydrogens is 409 g/mol. The van der Waals surface area contributed by atoms with Gasteiger partial charge in [0.2, 0.25) is 0 Å². The van der Waals surface area contributed by atoms with E-state index in [1.165, 1.54) is 12.1 Å².